The number of ether oxygens (including phenoxy) is 2. The molecule has 140 valence electrons. The first kappa shape index (κ1) is 19.2. The first-order valence-electron chi connectivity index (χ1n) is 8.27. The molecule has 7 heteroatoms. The molecule has 0 aliphatic rings. The predicted octanol–water partition coefficient (Wildman–Crippen LogP) is 4.97. The van der Waals surface area contributed by atoms with Crippen molar-refractivity contribution in [3.63, 3.8) is 0 Å². The molecule has 0 saturated heterocycles. The van der Waals surface area contributed by atoms with Crippen molar-refractivity contribution in [2.24, 2.45) is 0 Å². The van der Waals surface area contributed by atoms with Crippen molar-refractivity contribution < 1.29 is 14.3 Å². The van der Waals surface area contributed by atoms with Crippen molar-refractivity contribution in [1.82, 2.24) is 10.3 Å². The minimum atomic E-state index is -0.258. The number of aromatic nitrogens is 1. The highest BCUT2D eigenvalue weighted by molar-refractivity contribution is 7.13. The van der Waals surface area contributed by atoms with Crippen molar-refractivity contribution >= 4 is 28.8 Å². The molecule has 0 aliphatic carbocycles. The molecule has 0 saturated carbocycles. The standard InChI is InChI=1S/C20H19ClN2O3S/c1-12(13-7-4-5-9-15(13)21)22-19(24)16-11-27-20(23-16)14-8-6-10-17(25-2)18(14)26-3/h4-12H,1-3H3,(H,22,24)/t12-/m0/s1. The number of thiazole rings is 1. The molecule has 3 aromatic rings. The van der Waals surface area contributed by atoms with Crippen LogP contribution in [0.3, 0.4) is 0 Å². The van der Waals surface area contributed by atoms with Gasteiger partial charge in [0.2, 0.25) is 0 Å². The van der Waals surface area contributed by atoms with Gasteiger partial charge in [-0.15, -0.1) is 11.3 Å². The molecule has 3 rings (SSSR count). The highest BCUT2D eigenvalue weighted by Crippen LogP contribution is 2.39. The van der Waals surface area contributed by atoms with E-state index >= 15 is 0 Å². The van der Waals surface area contributed by atoms with Crippen LogP contribution in [0, 0.1) is 0 Å². The van der Waals surface area contributed by atoms with Crippen LogP contribution in [0.25, 0.3) is 10.6 Å². The van der Waals surface area contributed by atoms with Crippen LogP contribution in [0.5, 0.6) is 11.5 Å². The third-order valence-corrected chi connectivity index (χ3v) is 5.31. The second kappa shape index (κ2) is 8.41. The van der Waals surface area contributed by atoms with Gasteiger partial charge in [0.25, 0.3) is 5.91 Å². The number of carbonyl (C=O) groups is 1. The molecule has 27 heavy (non-hydrogen) atoms. The van der Waals surface area contributed by atoms with Gasteiger partial charge >= 0.3 is 0 Å². The fraction of sp³-hybridized carbons (Fsp3) is 0.200. The molecule has 1 aromatic heterocycles. The largest absolute Gasteiger partial charge is 0.493 e. The highest BCUT2D eigenvalue weighted by atomic mass is 35.5. The number of carbonyl (C=O) groups excluding carboxylic acids is 1. The van der Waals surface area contributed by atoms with Crippen molar-refractivity contribution in [2.45, 2.75) is 13.0 Å². The Balaban J connectivity index is 1.82. The van der Waals surface area contributed by atoms with E-state index in [9.17, 15) is 4.79 Å². The zero-order chi connectivity index (χ0) is 19.4. The van der Waals surface area contributed by atoms with E-state index in [1.165, 1.54) is 11.3 Å². The Morgan fingerprint density at radius 1 is 1.15 bits per heavy atom. The monoisotopic (exact) mass is 402 g/mol. The third kappa shape index (κ3) is 4.07. The SMILES string of the molecule is COc1cccc(-c2nc(C(=O)N[C@@H](C)c3ccccc3Cl)cs2)c1OC. The number of rotatable bonds is 6. The molecule has 5 nitrogen and oxygen atoms in total. The Labute approximate surface area is 166 Å². The number of nitrogens with one attached hydrogen (secondary N) is 1. The second-order valence-corrected chi connectivity index (χ2v) is 7.06. The van der Waals surface area contributed by atoms with Crippen molar-refractivity contribution in [2.75, 3.05) is 14.2 Å². The zero-order valence-electron chi connectivity index (χ0n) is 15.2. The van der Waals surface area contributed by atoms with Gasteiger partial charge in [-0.2, -0.15) is 0 Å². The van der Waals surface area contributed by atoms with E-state index in [0.717, 1.165) is 11.1 Å². The molecule has 1 atom stereocenters. The van der Waals surface area contributed by atoms with Crippen molar-refractivity contribution in [1.29, 1.82) is 0 Å². The van der Waals surface area contributed by atoms with E-state index in [1.54, 1.807) is 25.7 Å². The summed E-state index contributed by atoms with van der Waals surface area (Å²) in [7, 11) is 3.16. The molecule has 1 heterocycles. The normalized spacial score (nSPS) is 11.7. The number of para-hydroxylation sites is 1. The molecule has 0 fully saturated rings. The molecule has 0 bridgehead atoms. The Morgan fingerprint density at radius 3 is 2.63 bits per heavy atom. The van der Waals surface area contributed by atoms with Crippen LogP contribution in [0.4, 0.5) is 0 Å². The molecular weight excluding hydrogens is 384 g/mol. The molecular formula is C20H19ClN2O3S. The summed E-state index contributed by atoms with van der Waals surface area (Å²) < 4.78 is 10.8. The lowest BCUT2D eigenvalue weighted by molar-refractivity contribution is 0.0935. The number of hydrogen-bond donors (Lipinski definition) is 1. The lowest BCUT2D eigenvalue weighted by Gasteiger charge is -2.14. The van der Waals surface area contributed by atoms with Gasteiger partial charge in [-0.05, 0) is 30.7 Å². The van der Waals surface area contributed by atoms with Gasteiger partial charge in [-0.3, -0.25) is 4.79 Å². The second-order valence-electron chi connectivity index (χ2n) is 5.80. The van der Waals surface area contributed by atoms with E-state index in [2.05, 4.69) is 10.3 Å². The summed E-state index contributed by atoms with van der Waals surface area (Å²) in [4.78, 5) is 17.1. The van der Waals surface area contributed by atoms with Gasteiger partial charge in [0, 0.05) is 10.4 Å². The van der Waals surface area contributed by atoms with Crippen LogP contribution in [0.2, 0.25) is 5.02 Å². The van der Waals surface area contributed by atoms with Gasteiger partial charge < -0.3 is 14.8 Å². The summed E-state index contributed by atoms with van der Waals surface area (Å²) in [6.07, 6.45) is 0. The van der Waals surface area contributed by atoms with Crippen LogP contribution in [0.1, 0.15) is 29.0 Å². The van der Waals surface area contributed by atoms with Crippen molar-refractivity contribution in [3.8, 4) is 22.1 Å². The summed E-state index contributed by atoms with van der Waals surface area (Å²) in [5.74, 6) is 0.945. The van der Waals surface area contributed by atoms with E-state index in [1.807, 2.05) is 43.3 Å². The molecule has 1 N–H and O–H groups in total. The lowest BCUT2D eigenvalue weighted by Crippen LogP contribution is -2.27. The molecule has 0 spiro atoms. The lowest BCUT2D eigenvalue weighted by atomic mass is 10.1. The van der Waals surface area contributed by atoms with Gasteiger partial charge in [0.15, 0.2) is 11.5 Å². The molecule has 1 amide bonds. The Morgan fingerprint density at radius 2 is 1.93 bits per heavy atom. The van der Waals surface area contributed by atoms with Gasteiger partial charge in [-0.1, -0.05) is 35.9 Å². The number of benzene rings is 2. The average molecular weight is 403 g/mol. The smallest absolute Gasteiger partial charge is 0.271 e. The zero-order valence-corrected chi connectivity index (χ0v) is 16.7. The van der Waals surface area contributed by atoms with Crippen molar-refractivity contribution in [3.05, 3.63) is 64.1 Å². The fourth-order valence-corrected chi connectivity index (χ4v) is 3.85. The topological polar surface area (TPSA) is 60.5 Å². The summed E-state index contributed by atoms with van der Waals surface area (Å²) in [6, 6.07) is 12.8. The summed E-state index contributed by atoms with van der Waals surface area (Å²) >= 11 is 7.58. The van der Waals surface area contributed by atoms with Gasteiger partial charge in [0.05, 0.1) is 25.8 Å². The fourth-order valence-electron chi connectivity index (χ4n) is 2.73. The highest BCUT2D eigenvalue weighted by Gasteiger charge is 2.19. The maximum Gasteiger partial charge on any atom is 0.271 e. The molecule has 0 radical (unpaired) electrons. The molecule has 0 unspecified atom stereocenters. The van der Waals surface area contributed by atoms with E-state index < -0.39 is 0 Å². The third-order valence-electron chi connectivity index (χ3n) is 4.09. The molecule has 2 aromatic carbocycles. The maximum atomic E-state index is 12.6. The van der Waals surface area contributed by atoms with Crippen LogP contribution in [0.15, 0.2) is 47.8 Å². The minimum absolute atomic E-state index is 0.234. The predicted molar refractivity (Wildman–Crippen MR) is 108 cm³/mol. The van der Waals surface area contributed by atoms with Gasteiger partial charge in [-0.25, -0.2) is 4.98 Å². The Hall–Kier alpha value is -2.57. The summed E-state index contributed by atoms with van der Waals surface area (Å²) in [6.45, 7) is 1.89. The Kier molecular flexibility index (Phi) is 5.98. The number of methoxy groups -OCH3 is 2. The van der Waals surface area contributed by atoms with Crippen LogP contribution < -0.4 is 14.8 Å². The van der Waals surface area contributed by atoms with E-state index in [0.29, 0.717) is 27.2 Å². The van der Waals surface area contributed by atoms with Crippen LogP contribution >= 0.6 is 22.9 Å². The van der Waals surface area contributed by atoms with Gasteiger partial charge in [0.1, 0.15) is 10.7 Å². The summed E-state index contributed by atoms with van der Waals surface area (Å²) in [5.41, 5.74) is 1.98. The number of amides is 1. The number of hydrogen-bond acceptors (Lipinski definition) is 5. The number of nitrogens with zero attached hydrogens (tertiary/aromatic N) is 1. The molecule has 0 aliphatic heterocycles. The van der Waals surface area contributed by atoms with E-state index in [4.69, 9.17) is 21.1 Å². The average Bonchev–Trinajstić information content (AvgIpc) is 3.17. The van der Waals surface area contributed by atoms with Crippen LogP contribution in [-0.4, -0.2) is 25.1 Å². The Bertz CT molecular complexity index is 958. The quantitative estimate of drug-likeness (QED) is 0.632. The summed E-state index contributed by atoms with van der Waals surface area (Å²) in [5, 5.41) is 5.96. The minimum Gasteiger partial charge on any atom is -0.493 e. The first-order valence-corrected chi connectivity index (χ1v) is 9.53. The first-order chi connectivity index (χ1) is 13.0. The van der Waals surface area contributed by atoms with E-state index in [-0.39, 0.29) is 11.9 Å². The number of halogens is 1. The van der Waals surface area contributed by atoms with Crippen LogP contribution in [-0.2, 0) is 0 Å². The maximum absolute atomic E-state index is 12.6.